The van der Waals surface area contributed by atoms with Crippen molar-refractivity contribution in [2.75, 3.05) is 12.5 Å². The highest BCUT2D eigenvalue weighted by atomic mass is 32.4. The second-order valence-electron chi connectivity index (χ2n) is 7.03. The minimum Gasteiger partial charge on any atom is -0.413 e. The lowest BCUT2D eigenvalue weighted by molar-refractivity contribution is 0.0747. The van der Waals surface area contributed by atoms with E-state index in [1.54, 1.807) is 0 Å². The average Bonchev–Trinajstić information content (AvgIpc) is 2.09. The Bertz CT molecular complexity index is 241. The third kappa shape index (κ3) is 5.49. The third-order valence-electron chi connectivity index (χ3n) is 3.65. The van der Waals surface area contributed by atoms with E-state index < -0.39 is 17.8 Å². The summed E-state index contributed by atoms with van der Waals surface area (Å²) in [6.45, 7) is 16.1. The van der Waals surface area contributed by atoms with Crippen LogP contribution in [-0.4, -0.2) is 41.2 Å². The van der Waals surface area contributed by atoms with Crippen molar-refractivity contribution in [2.45, 2.75) is 65.1 Å². The Morgan fingerprint density at radius 3 is 1.88 bits per heavy atom. The highest BCUT2D eigenvalue weighted by Crippen LogP contribution is 2.45. The Balaban J connectivity index is 4.85. The maximum absolute atomic E-state index is 6.57. The molecule has 3 radical (unpaired) electrons. The maximum Gasteiger partial charge on any atom is 0.197 e. The first kappa shape index (κ1) is 17.7. The summed E-state index contributed by atoms with van der Waals surface area (Å²) in [5, 5.41) is 0. The molecule has 0 N–H and O–H groups in total. The molecule has 1 nitrogen and oxygen atoms in total. The first-order valence-electron chi connectivity index (χ1n) is 6.47. The van der Waals surface area contributed by atoms with Crippen LogP contribution in [0.15, 0.2) is 0 Å². The highest BCUT2D eigenvalue weighted by molar-refractivity contribution is 8.50. The van der Waals surface area contributed by atoms with Gasteiger partial charge in [0, 0.05) is 6.10 Å². The highest BCUT2D eigenvalue weighted by Gasteiger charge is 2.39. The fourth-order valence-electron chi connectivity index (χ4n) is 2.04. The van der Waals surface area contributed by atoms with E-state index in [0.29, 0.717) is 11.0 Å². The molecule has 0 heterocycles. The zero-order valence-corrected chi connectivity index (χ0v) is 16.0. The molecule has 0 spiro atoms. The van der Waals surface area contributed by atoms with Crippen LogP contribution in [0, 0.1) is 5.41 Å². The zero-order chi connectivity index (χ0) is 14.1. The van der Waals surface area contributed by atoms with Crippen molar-refractivity contribution in [3.63, 3.8) is 0 Å². The minimum absolute atomic E-state index is 0.240. The topological polar surface area (TPSA) is 9.23 Å². The summed E-state index contributed by atoms with van der Waals surface area (Å²) >= 11 is 0. The van der Waals surface area contributed by atoms with Crippen molar-refractivity contribution in [1.29, 1.82) is 0 Å². The minimum atomic E-state index is -1.65. The molecule has 0 aromatic rings. The molecular formula is C13H31OSSi2. The van der Waals surface area contributed by atoms with Gasteiger partial charge in [0.15, 0.2) is 8.32 Å². The molecule has 0 bridgehead atoms. The first-order valence-corrected chi connectivity index (χ1v) is 13.2. The van der Waals surface area contributed by atoms with Crippen LogP contribution in [0.2, 0.25) is 13.1 Å². The molecule has 0 aliphatic carbocycles. The van der Waals surface area contributed by atoms with Crippen molar-refractivity contribution in [3.05, 3.63) is 0 Å². The van der Waals surface area contributed by atoms with E-state index in [-0.39, 0.29) is 5.41 Å². The van der Waals surface area contributed by atoms with E-state index in [0.717, 1.165) is 6.42 Å². The summed E-state index contributed by atoms with van der Waals surface area (Å²) in [6, 6.07) is 0. The zero-order valence-electron chi connectivity index (χ0n) is 13.2. The standard InChI is InChI=1S/C13H31OSSi2/c1-10-12(13(3,4)5)14-17(8,9)11(2)15(6,7)16/h11-12H,10H2,1-9H3. The fourth-order valence-corrected chi connectivity index (χ4v) is 11.9. The average molecular weight is 292 g/mol. The predicted octanol–water partition coefficient (Wildman–Crippen LogP) is 4.11. The van der Waals surface area contributed by atoms with Gasteiger partial charge in [-0.2, -0.15) is 0 Å². The normalized spacial score (nSPS) is 18.9. The molecule has 0 saturated heterocycles. The molecule has 2 atom stereocenters. The van der Waals surface area contributed by atoms with Crippen LogP contribution in [0.4, 0.5) is 0 Å². The van der Waals surface area contributed by atoms with Gasteiger partial charge in [0.1, 0.15) is 0 Å². The van der Waals surface area contributed by atoms with Crippen molar-refractivity contribution < 1.29 is 4.43 Å². The van der Waals surface area contributed by atoms with E-state index >= 15 is 0 Å². The molecule has 0 aliphatic rings. The summed E-state index contributed by atoms with van der Waals surface area (Å²) in [6.07, 6.45) is 6.12. The molecule has 0 aromatic carbocycles. The summed E-state index contributed by atoms with van der Waals surface area (Å²) in [5.41, 5.74) is 0.240. The van der Waals surface area contributed by atoms with Gasteiger partial charge < -0.3 is 4.43 Å². The van der Waals surface area contributed by atoms with Crippen molar-refractivity contribution in [1.82, 2.24) is 0 Å². The molecule has 0 aliphatic heterocycles. The van der Waals surface area contributed by atoms with E-state index in [1.807, 2.05) is 0 Å². The Kier molecular flexibility index (Phi) is 6.06. The number of hydrogen-bond donors (Lipinski definition) is 0. The quantitative estimate of drug-likeness (QED) is 0.693. The largest absolute Gasteiger partial charge is 0.413 e. The SMILES string of the molecule is CCC(O[Si](C)(C)C(C)S(C)(C)[Si])C(C)(C)C. The summed E-state index contributed by atoms with van der Waals surface area (Å²) in [4.78, 5) is 0.656. The van der Waals surface area contributed by atoms with Crippen LogP contribution in [0.25, 0.3) is 0 Å². The van der Waals surface area contributed by atoms with Gasteiger partial charge in [-0.15, -0.1) is 0 Å². The second kappa shape index (κ2) is 5.80. The Morgan fingerprint density at radius 1 is 1.24 bits per heavy atom. The Morgan fingerprint density at radius 2 is 1.65 bits per heavy atom. The van der Waals surface area contributed by atoms with Crippen molar-refractivity contribution in [3.8, 4) is 0 Å². The molecule has 103 valence electrons. The Hall–Kier alpha value is 0.744. The third-order valence-corrected chi connectivity index (χ3v) is 13.5. The van der Waals surface area contributed by atoms with Crippen molar-refractivity contribution >= 4 is 27.2 Å². The molecule has 0 amide bonds. The van der Waals surface area contributed by atoms with Gasteiger partial charge in [-0.05, 0) is 42.3 Å². The van der Waals surface area contributed by atoms with Gasteiger partial charge in [0.2, 0.25) is 0 Å². The van der Waals surface area contributed by atoms with Crippen LogP contribution in [0.5, 0.6) is 0 Å². The van der Waals surface area contributed by atoms with E-state index in [4.69, 9.17) is 4.43 Å². The first-order chi connectivity index (χ1) is 7.32. The smallest absolute Gasteiger partial charge is 0.197 e. The molecular weight excluding hydrogens is 260 g/mol. The lowest BCUT2D eigenvalue weighted by Crippen LogP contribution is -2.50. The van der Waals surface area contributed by atoms with Crippen LogP contribution in [-0.2, 0) is 4.43 Å². The van der Waals surface area contributed by atoms with Gasteiger partial charge in [-0.1, -0.05) is 34.6 Å². The second-order valence-corrected chi connectivity index (χ2v) is 18.4. The lowest BCUT2D eigenvalue weighted by Gasteiger charge is -2.46. The van der Waals surface area contributed by atoms with Crippen LogP contribution >= 0.6 is 9.48 Å². The van der Waals surface area contributed by atoms with E-state index in [2.05, 4.69) is 69.6 Å². The van der Waals surface area contributed by atoms with E-state index in [1.165, 1.54) is 0 Å². The molecule has 4 heteroatoms. The summed E-state index contributed by atoms with van der Waals surface area (Å²) in [7, 11) is 1.57. The Labute approximate surface area is 115 Å². The van der Waals surface area contributed by atoms with Gasteiger partial charge >= 0.3 is 0 Å². The maximum atomic E-state index is 6.57. The van der Waals surface area contributed by atoms with Gasteiger partial charge in [0.05, 0.1) is 9.39 Å². The molecule has 2 unspecified atom stereocenters. The lowest BCUT2D eigenvalue weighted by atomic mass is 9.88. The van der Waals surface area contributed by atoms with Crippen molar-refractivity contribution in [2.24, 2.45) is 5.41 Å². The van der Waals surface area contributed by atoms with Gasteiger partial charge in [-0.25, -0.2) is 0 Å². The van der Waals surface area contributed by atoms with Crippen LogP contribution in [0.3, 0.4) is 0 Å². The summed E-state index contributed by atoms with van der Waals surface area (Å²) < 4.78 is 6.57. The number of rotatable bonds is 5. The molecule has 0 rings (SSSR count). The molecule has 0 aromatic heterocycles. The molecule has 0 fully saturated rings. The number of hydrogen-bond acceptors (Lipinski definition) is 1. The van der Waals surface area contributed by atoms with Gasteiger partial charge in [-0.3, -0.25) is 9.48 Å². The van der Waals surface area contributed by atoms with Crippen LogP contribution < -0.4 is 0 Å². The van der Waals surface area contributed by atoms with Crippen LogP contribution in [0.1, 0.15) is 41.0 Å². The molecule has 17 heavy (non-hydrogen) atoms. The summed E-state index contributed by atoms with van der Waals surface area (Å²) in [5.74, 6) is 0. The fraction of sp³-hybridized carbons (Fsp3) is 1.00. The predicted molar refractivity (Wildman–Crippen MR) is 86.8 cm³/mol. The monoisotopic (exact) mass is 291 g/mol. The van der Waals surface area contributed by atoms with Gasteiger partial charge in [0.25, 0.3) is 0 Å². The van der Waals surface area contributed by atoms with E-state index in [9.17, 15) is 0 Å². The molecule has 0 saturated carbocycles.